The Kier molecular flexibility index (Phi) is 20.9. The third kappa shape index (κ3) is 16.0. The van der Waals surface area contributed by atoms with Crippen molar-refractivity contribution in [2.45, 2.75) is 0 Å². The van der Waals surface area contributed by atoms with E-state index in [-0.39, 0.29) is 34.1 Å². The fourth-order valence-electron chi connectivity index (χ4n) is 5.31. The monoisotopic (exact) mass is 921 g/mol. The van der Waals surface area contributed by atoms with E-state index in [1.54, 1.807) is 37.2 Å². The van der Waals surface area contributed by atoms with Crippen LogP contribution in [0.4, 0.5) is 0 Å². The number of carboxylic acid groups (broad SMARTS) is 2. The van der Waals surface area contributed by atoms with Crippen LogP contribution in [-0.2, 0) is 43.7 Å². The minimum Gasteiger partial charge on any atom is -0.549 e. The second-order valence-corrected chi connectivity index (χ2v) is 11.4. The number of carboxylic acids is 2. The minimum atomic E-state index is -1.75. The Balaban J connectivity index is 0.000000265. The van der Waals surface area contributed by atoms with Gasteiger partial charge in [0.05, 0.1) is 55.2 Å². The van der Waals surface area contributed by atoms with Crippen LogP contribution in [0.5, 0.6) is 0 Å². The number of aromatic nitrogens is 6. The molecular formula is C40H29Cu2N9O10. The van der Waals surface area contributed by atoms with Gasteiger partial charge in [0.15, 0.2) is 0 Å². The summed E-state index contributed by atoms with van der Waals surface area (Å²) in [5.74, 6) is -2.67. The molecule has 61 heavy (non-hydrogen) atoms. The fourth-order valence-corrected chi connectivity index (χ4v) is 5.31. The van der Waals surface area contributed by atoms with Crippen molar-refractivity contribution in [2.75, 3.05) is 13.1 Å². The quantitative estimate of drug-likeness (QED) is 0.113. The second kappa shape index (κ2) is 25.7. The van der Waals surface area contributed by atoms with E-state index in [4.69, 9.17) is 30.6 Å². The van der Waals surface area contributed by atoms with Gasteiger partial charge in [0.2, 0.25) is 0 Å². The molecule has 6 aromatic heterocycles. The number of fused-ring (bicyclic) bond motifs is 9. The normalized spacial score (nSPS) is 9.57. The van der Waals surface area contributed by atoms with Gasteiger partial charge in [0, 0.05) is 82.6 Å². The number of hydrogen-bond donors (Lipinski definition) is 1. The summed E-state index contributed by atoms with van der Waals surface area (Å²) in [5, 5.41) is 57.6. The van der Waals surface area contributed by atoms with E-state index < -0.39 is 35.2 Å². The molecule has 0 aliphatic heterocycles. The van der Waals surface area contributed by atoms with Gasteiger partial charge in [-0.2, -0.15) is 0 Å². The Morgan fingerprint density at radius 1 is 0.393 bits per heavy atom. The van der Waals surface area contributed by atoms with Crippen molar-refractivity contribution in [2.24, 2.45) is 0 Å². The smallest absolute Gasteiger partial charge is 0.549 e. The summed E-state index contributed by atoms with van der Waals surface area (Å²) in [4.78, 5) is 61.8. The summed E-state index contributed by atoms with van der Waals surface area (Å²) in [7, 11) is 0. The topological polar surface area (TPSA) is 302 Å². The molecule has 0 saturated carbocycles. The molecule has 2 radical (unpaired) electrons. The molecule has 0 atom stereocenters. The van der Waals surface area contributed by atoms with Gasteiger partial charge in [-0.3, -0.25) is 29.9 Å². The van der Waals surface area contributed by atoms with Crippen LogP contribution in [0.1, 0.15) is 0 Å². The second-order valence-electron chi connectivity index (χ2n) is 11.4. The van der Waals surface area contributed by atoms with E-state index in [1.807, 2.05) is 36.4 Å². The maximum atomic E-state index is 9.59. The average molecular weight is 923 g/mol. The number of pyridine rings is 6. The van der Waals surface area contributed by atoms with Crippen LogP contribution in [-0.4, -0.2) is 65.1 Å². The molecule has 3 aromatic carbocycles. The van der Waals surface area contributed by atoms with Gasteiger partial charge in [-0.25, -0.2) is 0 Å². The Morgan fingerprint density at radius 3 is 0.705 bits per heavy atom. The molecule has 1 N–H and O–H groups in total. The zero-order valence-corrected chi connectivity index (χ0v) is 32.9. The van der Waals surface area contributed by atoms with E-state index in [1.165, 1.54) is 0 Å². The van der Waals surface area contributed by atoms with Crippen LogP contribution in [0, 0.1) is 30.6 Å². The molecule has 6 heterocycles. The number of carbonyl (C=O) groups excluding carboxylic acids is 2. The number of rotatable bonds is 4. The Hall–Kier alpha value is -7.54. The van der Waals surface area contributed by atoms with Crippen molar-refractivity contribution in [3.05, 3.63) is 177 Å². The third-order valence-electron chi connectivity index (χ3n) is 7.57. The summed E-state index contributed by atoms with van der Waals surface area (Å²) in [6, 6.07) is 36.4. The van der Waals surface area contributed by atoms with Gasteiger partial charge in [-0.05, 0) is 36.4 Å². The average Bonchev–Trinajstić information content (AvgIpc) is 3.23. The number of nitrogens with zero attached hydrogens (tertiary/aromatic N) is 8. The molecular weight excluding hydrogens is 894 g/mol. The van der Waals surface area contributed by atoms with Crippen molar-refractivity contribution >= 4 is 77.4 Å². The first kappa shape index (κ1) is 49.6. The Morgan fingerprint density at radius 2 is 0.557 bits per heavy atom. The molecule has 0 fully saturated rings. The van der Waals surface area contributed by atoms with Gasteiger partial charge in [0.25, 0.3) is 0 Å². The van der Waals surface area contributed by atoms with Gasteiger partial charge >= 0.3 is 34.1 Å². The Bertz CT molecular complexity index is 2400. The van der Waals surface area contributed by atoms with E-state index in [9.17, 15) is 19.8 Å². The summed E-state index contributed by atoms with van der Waals surface area (Å²) in [6.07, 6.45) is 10.8. The number of hydrogen-bond acceptors (Lipinski definition) is 17. The molecule has 0 amide bonds. The molecule has 9 rings (SSSR count). The van der Waals surface area contributed by atoms with Crippen molar-refractivity contribution in [1.82, 2.24) is 35.2 Å². The summed E-state index contributed by atoms with van der Waals surface area (Å²) in [6.45, 7) is -0.929. The first-order valence-corrected chi connectivity index (χ1v) is 16.9. The fraction of sp³-hybridized carbons (Fsp3) is 0.0500. The first-order valence-electron chi connectivity index (χ1n) is 16.9. The molecule has 0 aliphatic rings. The van der Waals surface area contributed by atoms with E-state index in [2.05, 4.69) is 108 Å². The zero-order valence-electron chi connectivity index (χ0n) is 31.0. The van der Waals surface area contributed by atoms with Gasteiger partial charge in [0.1, 0.15) is 0 Å². The third-order valence-corrected chi connectivity index (χ3v) is 7.57. The maximum Gasteiger partial charge on any atom is 2.00 e. The summed E-state index contributed by atoms with van der Waals surface area (Å²) in [5.41, 5.74) is 5.86. The molecule has 0 spiro atoms. The Labute approximate surface area is 365 Å². The standard InChI is InChI=1S/3C12H8N2.C4H7NO4.2Cu.2NO3/c3*1-3-9-5-6-10-4-2-8-14-12(10)11(9)13-7-1;6-3(7)1-5-2-4(8)9;;;2*2-1(3)4/h3*1-8H;5H,1-2H2,(H,6,7)(H,8,9);;;;/q;;;;2*+2;2*-1/p-2. The summed E-state index contributed by atoms with van der Waals surface area (Å²) >= 11 is 0. The number of carbonyl (C=O) groups is 2. The van der Waals surface area contributed by atoms with Crippen molar-refractivity contribution in [1.29, 1.82) is 0 Å². The van der Waals surface area contributed by atoms with E-state index in [0.717, 1.165) is 65.4 Å². The number of nitrogens with one attached hydrogen (secondary N) is 1. The SMILES string of the molecule is O=C([O-])CNCC(=O)[O-].O=[N+]([O-])[O-].O=[N+]([O-])[O-].[Cu+2].[Cu+2].c1cnc2c(c1)ccc1cccnc12.c1cnc2c(c1)ccc1cccnc12.c1cnc2c(c1)ccc1cccnc12. The van der Waals surface area contributed by atoms with Crippen LogP contribution in [0.2, 0.25) is 0 Å². The maximum absolute atomic E-state index is 9.59. The van der Waals surface area contributed by atoms with E-state index >= 15 is 0 Å². The number of aliphatic carboxylic acids is 2. The molecule has 0 unspecified atom stereocenters. The molecule has 9 aromatic rings. The predicted molar refractivity (Wildman–Crippen MR) is 215 cm³/mol. The number of benzene rings is 3. The molecule has 19 nitrogen and oxygen atoms in total. The van der Waals surface area contributed by atoms with Crippen LogP contribution >= 0.6 is 0 Å². The van der Waals surface area contributed by atoms with E-state index in [0.29, 0.717) is 0 Å². The molecule has 0 bridgehead atoms. The largest absolute Gasteiger partial charge is 2.00 e. The van der Waals surface area contributed by atoms with Crippen LogP contribution in [0.25, 0.3) is 65.4 Å². The molecule has 316 valence electrons. The van der Waals surface area contributed by atoms with Crippen molar-refractivity contribution < 1.29 is 64.1 Å². The predicted octanol–water partition coefficient (Wildman–Crippen LogP) is 3.94. The van der Waals surface area contributed by atoms with Crippen molar-refractivity contribution in [3.63, 3.8) is 0 Å². The van der Waals surface area contributed by atoms with Gasteiger partial charge in [-0.15, -0.1) is 0 Å². The van der Waals surface area contributed by atoms with Crippen molar-refractivity contribution in [3.8, 4) is 0 Å². The van der Waals surface area contributed by atoms with Gasteiger partial charge < -0.3 is 55.8 Å². The molecule has 21 heteroatoms. The molecule has 0 aliphatic carbocycles. The first-order chi connectivity index (χ1) is 28.4. The van der Waals surface area contributed by atoms with Gasteiger partial charge in [-0.1, -0.05) is 72.8 Å². The molecule has 0 saturated heterocycles. The van der Waals surface area contributed by atoms with Crippen LogP contribution < -0.4 is 15.5 Å². The van der Waals surface area contributed by atoms with Crippen LogP contribution in [0.15, 0.2) is 146 Å². The van der Waals surface area contributed by atoms with Crippen LogP contribution in [0.3, 0.4) is 0 Å². The minimum absolute atomic E-state index is 0. The summed E-state index contributed by atoms with van der Waals surface area (Å²) < 4.78 is 0. The zero-order chi connectivity index (χ0) is 42.6.